The van der Waals surface area contributed by atoms with Crippen LogP contribution in [0, 0.1) is 0 Å². The van der Waals surface area contributed by atoms with Crippen LogP contribution in [0.15, 0.2) is 42.6 Å². The molecule has 1 aromatic carbocycles. The maximum Gasteiger partial charge on any atom is 0.254 e. The number of benzene rings is 1. The van der Waals surface area contributed by atoms with E-state index in [1.807, 2.05) is 18.2 Å². The molecule has 8 nitrogen and oxygen atoms in total. The van der Waals surface area contributed by atoms with Gasteiger partial charge in [-0.05, 0) is 37.3 Å². The molecular formula is C19H17N5O3. The minimum absolute atomic E-state index is 0.0405. The summed E-state index contributed by atoms with van der Waals surface area (Å²) in [6.45, 7) is 3.21. The number of amides is 1. The van der Waals surface area contributed by atoms with Gasteiger partial charge in [0.05, 0.1) is 12.6 Å². The van der Waals surface area contributed by atoms with Crippen LogP contribution in [0.1, 0.15) is 29.1 Å². The normalized spacial score (nSPS) is 17.7. The molecule has 0 fully saturated rings. The quantitative estimate of drug-likeness (QED) is 0.695. The SMILES string of the molecule is C[C@H]1CN(C(=O)c2ccc3c(c2)OCO3)Cc2nnc(-c3ccccn3)n21. The van der Waals surface area contributed by atoms with Crippen LogP contribution in [0.4, 0.5) is 0 Å². The standard InChI is InChI=1S/C19H17N5O3/c1-12-9-23(19(25)13-5-6-15-16(8-13)27-11-26-15)10-17-21-22-18(24(12)17)14-4-2-3-7-20-14/h2-8,12H,9-11H2,1H3/t12-/m0/s1. The molecule has 0 saturated heterocycles. The highest BCUT2D eigenvalue weighted by molar-refractivity contribution is 5.95. The van der Waals surface area contributed by atoms with E-state index in [1.165, 1.54) is 0 Å². The molecule has 2 aliphatic heterocycles. The summed E-state index contributed by atoms with van der Waals surface area (Å²) in [5.74, 6) is 2.69. The fraction of sp³-hybridized carbons (Fsp3) is 0.263. The van der Waals surface area contributed by atoms with Crippen LogP contribution in [-0.2, 0) is 6.54 Å². The molecule has 2 aromatic heterocycles. The van der Waals surface area contributed by atoms with Crippen molar-refractivity contribution in [1.82, 2.24) is 24.6 Å². The molecule has 0 N–H and O–H groups in total. The number of hydrogen-bond donors (Lipinski definition) is 0. The van der Waals surface area contributed by atoms with Gasteiger partial charge >= 0.3 is 0 Å². The molecule has 0 bridgehead atoms. The second-order valence-electron chi connectivity index (χ2n) is 6.63. The first-order valence-corrected chi connectivity index (χ1v) is 8.75. The average molecular weight is 363 g/mol. The molecule has 136 valence electrons. The number of fused-ring (bicyclic) bond motifs is 2. The van der Waals surface area contributed by atoms with E-state index in [9.17, 15) is 4.79 Å². The Kier molecular flexibility index (Phi) is 3.56. The Hall–Kier alpha value is -3.42. The van der Waals surface area contributed by atoms with Crippen molar-refractivity contribution < 1.29 is 14.3 Å². The summed E-state index contributed by atoms with van der Waals surface area (Å²) in [4.78, 5) is 19.1. The largest absolute Gasteiger partial charge is 0.454 e. The third-order valence-electron chi connectivity index (χ3n) is 4.82. The molecule has 4 heterocycles. The first-order chi connectivity index (χ1) is 13.2. The maximum atomic E-state index is 13.0. The second-order valence-corrected chi connectivity index (χ2v) is 6.63. The Morgan fingerprint density at radius 1 is 1.15 bits per heavy atom. The molecule has 2 aliphatic rings. The number of aromatic nitrogens is 4. The lowest BCUT2D eigenvalue weighted by Gasteiger charge is -2.32. The van der Waals surface area contributed by atoms with E-state index in [4.69, 9.17) is 9.47 Å². The molecule has 0 spiro atoms. The zero-order chi connectivity index (χ0) is 18.4. The Morgan fingerprint density at radius 2 is 2.04 bits per heavy atom. The van der Waals surface area contributed by atoms with Gasteiger partial charge in [0.15, 0.2) is 23.1 Å². The van der Waals surface area contributed by atoms with Crippen LogP contribution in [0.5, 0.6) is 11.5 Å². The van der Waals surface area contributed by atoms with E-state index in [0.717, 1.165) is 17.3 Å². The van der Waals surface area contributed by atoms with Crippen molar-refractivity contribution >= 4 is 5.91 Å². The number of rotatable bonds is 2. The van der Waals surface area contributed by atoms with Gasteiger partial charge in [0.1, 0.15) is 5.69 Å². The van der Waals surface area contributed by atoms with Crippen LogP contribution in [0.3, 0.4) is 0 Å². The summed E-state index contributed by atoms with van der Waals surface area (Å²) in [6, 6.07) is 11.0. The smallest absolute Gasteiger partial charge is 0.254 e. The molecule has 0 saturated carbocycles. The summed E-state index contributed by atoms with van der Waals surface area (Å²) >= 11 is 0. The maximum absolute atomic E-state index is 13.0. The zero-order valence-electron chi connectivity index (χ0n) is 14.7. The Morgan fingerprint density at radius 3 is 2.89 bits per heavy atom. The summed E-state index contributed by atoms with van der Waals surface area (Å²) in [5.41, 5.74) is 1.35. The van der Waals surface area contributed by atoms with Gasteiger partial charge in [0, 0.05) is 18.3 Å². The molecule has 8 heteroatoms. The lowest BCUT2D eigenvalue weighted by molar-refractivity contribution is 0.0681. The molecule has 0 aliphatic carbocycles. The van der Waals surface area contributed by atoms with E-state index < -0.39 is 0 Å². The highest BCUT2D eigenvalue weighted by Gasteiger charge is 2.31. The summed E-state index contributed by atoms with van der Waals surface area (Å²) in [5, 5.41) is 8.61. The van der Waals surface area contributed by atoms with E-state index in [1.54, 1.807) is 29.3 Å². The van der Waals surface area contributed by atoms with Gasteiger partial charge in [-0.3, -0.25) is 9.78 Å². The molecule has 0 unspecified atom stereocenters. The van der Waals surface area contributed by atoms with E-state index >= 15 is 0 Å². The molecule has 5 rings (SSSR count). The van der Waals surface area contributed by atoms with Crippen molar-refractivity contribution in [3.05, 3.63) is 54.0 Å². The highest BCUT2D eigenvalue weighted by Crippen LogP contribution is 2.33. The summed E-state index contributed by atoms with van der Waals surface area (Å²) in [6.07, 6.45) is 1.74. The van der Waals surface area contributed by atoms with Crippen LogP contribution < -0.4 is 9.47 Å². The van der Waals surface area contributed by atoms with E-state index in [2.05, 4.69) is 26.7 Å². The molecule has 0 radical (unpaired) electrons. The lowest BCUT2D eigenvalue weighted by atomic mass is 10.1. The van der Waals surface area contributed by atoms with Crippen LogP contribution in [0.2, 0.25) is 0 Å². The third kappa shape index (κ3) is 2.61. The molecule has 27 heavy (non-hydrogen) atoms. The predicted octanol–water partition coefficient (Wildman–Crippen LogP) is 2.29. The Bertz CT molecular complexity index is 1020. The van der Waals surface area contributed by atoms with Gasteiger partial charge in [-0.15, -0.1) is 10.2 Å². The number of nitrogens with zero attached hydrogens (tertiary/aromatic N) is 5. The average Bonchev–Trinajstić information content (AvgIpc) is 3.34. The Balaban J connectivity index is 1.43. The number of pyridine rings is 1. The molecule has 3 aromatic rings. The minimum atomic E-state index is -0.0613. The van der Waals surface area contributed by atoms with Crippen LogP contribution in [-0.4, -0.2) is 43.9 Å². The van der Waals surface area contributed by atoms with E-state index in [0.29, 0.717) is 30.2 Å². The van der Waals surface area contributed by atoms with Crippen molar-refractivity contribution in [3.63, 3.8) is 0 Å². The third-order valence-corrected chi connectivity index (χ3v) is 4.82. The first-order valence-electron chi connectivity index (χ1n) is 8.75. The van der Waals surface area contributed by atoms with Crippen molar-refractivity contribution in [2.45, 2.75) is 19.5 Å². The molecular weight excluding hydrogens is 346 g/mol. The topological polar surface area (TPSA) is 82.4 Å². The number of hydrogen-bond acceptors (Lipinski definition) is 6. The first kappa shape index (κ1) is 15.8. The predicted molar refractivity (Wildman–Crippen MR) is 95.3 cm³/mol. The van der Waals surface area contributed by atoms with Crippen molar-refractivity contribution in [2.24, 2.45) is 0 Å². The zero-order valence-corrected chi connectivity index (χ0v) is 14.7. The lowest BCUT2D eigenvalue weighted by Crippen LogP contribution is -2.40. The van der Waals surface area contributed by atoms with Gasteiger partial charge in [-0.25, -0.2) is 0 Å². The fourth-order valence-electron chi connectivity index (χ4n) is 3.57. The van der Waals surface area contributed by atoms with Crippen LogP contribution in [0.25, 0.3) is 11.5 Å². The van der Waals surface area contributed by atoms with Gasteiger partial charge in [-0.1, -0.05) is 6.07 Å². The highest BCUT2D eigenvalue weighted by atomic mass is 16.7. The van der Waals surface area contributed by atoms with Gasteiger partial charge in [-0.2, -0.15) is 0 Å². The number of carbonyl (C=O) groups excluding carboxylic acids is 1. The number of ether oxygens (including phenoxy) is 2. The number of carbonyl (C=O) groups is 1. The van der Waals surface area contributed by atoms with Gasteiger partial charge < -0.3 is 18.9 Å². The molecule has 1 amide bonds. The Labute approximate surface area is 155 Å². The monoisotopic (exact) mass is 363 g/mol. The van der Waals surface area contributed by atoms with Crippen molar-refractivity contribution in [1.29, 1.82) is 0 Å². The van der Waals surface area contributed by atoms with Crippen molar-refractivity contribution in [2.75, 3.05) is 13.3 Å². The summed E-state index contributed by atoms with van der Waals surface area (Å²) < 4.78 is 12.8. The summed E-state index contributed by atoms with van der Waals surface area (Å²) in [7, 11) is 0. The second kappa shape index (κ2) is 6.08. The van der Waals surface area contributed by atoms with Crippen LogP contribution >= 0.6 is 0 Å². The fourth-order valence-corrected chi connectivity index (χ4v) is 3.57. The van der Waals surface area contributed by atoms with E-state index in [-0.39, 0.29) is 18.7 Å². The van der Waals surface area contributed by atoms with Gasteiger partial charge in [0.2, 0.25) is 6.79 Å². The molecule has 1 atom stereocenters. The minimum Gasteiger partial charge on any atom is -0.454 e. The van der Waals surface area contributed by atoms with Gasteiger partial charge in [0.25, 0.3) is 5.91 Å². The van der Waals surface area contributed by atoms with Crippen molar-refractivity contribution in [3.8, 4) is 23.0 Å².